The van der Waals surface area contributed by atoms with Crippen molar-refractivity contribution in [1.82, 2.24) is 19.5 Å². The highest BCUT2D eigenvalue weighted by Crippen LogP contribution is 2.27. The largest absolute Gasteiger partial charge is 0.389 e. The van der Waals surface area contributed by atoms with E-state index in [9.17, 15) is 9.90 Å². The van der Waals surface area contributed by atoms with Crippen LogP contribution in [0.25, 0.3) is 11.2 Å². The number of aliphatic hydroxyl groups is 1. The van der Waals surface area contributed by atoms with Crippen LogP contribution in [-0.2, 0) is 0 Å². The molecule has 1 amide bonds. The molecule has 7 nitrogen and oxygen atoms in total. The van der Waals surface area contributed by atoms with E-state index in [1.807, 2.05) is 16.7 Å². The van der Waals surface area contributed by atoms with Gasteiger partial charge in [0.2, 0.25) is 0 Å². The first-order valence-corrected chi connectivity index (χ1v) is 7.62. The monoisotopic (exact) mass is 321 g/mol. The third kappa shape index (κ3) is 2.55. The van der Waals surface area contributed by atoms with E-state index in [4.69, 9.17) is 0 Å². The molecule has 0 bridgehead atoms. The lowest BCUT2D eigenvalue weighted by Crippen LogP contribution is -2.13. The Morgan fingerprint density at radius 1 is 1.17 bits per heavy atom. The zero-order valence-electron chi connectivity index (χ0n) is 12.7. The van der Waals surface area contributed by atoms with Crippen molar-refractivity contribution in [2.45, 2.75) is 18.6 Å². The minimum Gasteiger partial charge on any atom is -0.389 e. The second-order valence-electron chi connectivity index (χ2n) is 5.62. The zero-order chi connectivity index (χ0) is 16.5. The Bertz CT molecular complexity index is 919. The Kier molecular flexibility index (Phi) is 3.55. The number of hydrogen-bond acceptors (Lipinski definition) is 5. The lowest BCUT2D eigenvalue weighted by atomic mass is 10.2. The van der Waals surface area contributed by atoms with Crippen molar-refractivity contribution in [2.24, 2.45) is 0 Å². The molecule has 2 aromatic heterocycles. The van der Waals surface area contributed by atoms with Gasteiger partial charge in [-0.3, -0.25) is 4.79 Å². The van der Waals surface area contributed by atoms with Crippen molar-refractivity contribution in [3.05, 3.63) is 60.7 Å². The van der Waals surface area contributed by atoms with Crippen LogP contribution in [-0.4, -0.2) is 36.6 Å². The Morgan fingerprint density at radius 3 is 2.75 bits per heavy atom. The predicted molar refractivity (Wildman–Crippen MR) is 88.5 cm³/mol. The van der Waals surface area contributed by atoms with E-state index >= 15 is 0 Å². The second kappa shape index (κ2) is 5.86. The highest BCUT2D eigenvalue weighted by molar-refractivity contribution is 6.06. The van der Waals surface area contributed by atoms with Crippen LogP contribution >= 0.6 is 0 Å². The number of aliphatic hydroxyl groups excluding tert-OH is 1. The highest BCUT2D eigenvalue weighted by Gasteiger charge is 2.22. The predicted octanol–water partition coefficient (Wildman–Crippen LogP) is 1.94. The summed E-state index contributed by atoms with van der Waals surface area (Å²) < 4.78 is 1.88. The number of carbonyl (C=O) groups excluding carboxylic acids is 1. The van der Waals surface area contributed by atoms with Gasteiger partial charge in [0.1, 0.15) is 6.33 Å². The molecule has 0 fully saturated rings. The third-order valence-corrected chi connectivity index (χ3v) is 4.02. The molecule has 0 saturated heterocycles. The molecule has 1 aromatic carbocycles. The molecule has 0 spiro atoms. The van der Waals surface area contributed by atoms with Crippen LogP contribution in [0.2, 0.25) is 0 Å². The Hall–Kier alpha value is -3.06. The molecular formula is C17H15N5O2. The van der Waals surface area contributed by atoms with Crippen LogP contribution in [0.4, 0.5) is 5.82 Å². The van der Waals surface area contributed by atoms with Crippen molar-refractivity contribution in [2.75, 3.05) is 5.32 Å². The van der Waals surface area contributed by atoms with Gasteiger partial charge in [0.15, 0.2) is 17.0 Å². The molecule has 0 radical (unpaired) electrons. The van der Waals surface area contributed by atoms with Gasteiger partial charge in [0, 0.05) is 12.0 Å². The maximum Gasteiger partial charge on any atom is 0.256 e. The summed E-state index contributed by atoms with van der Waals surface area (Å²) in [6.07, 6.45) is 6.87. The van der Waals surface area contributed by atoms with E-state index in [1.165, 1.54) is 6.33 Å². The van der Waals surface area contributed by atoms with E-state index in [0.29, 0.717) is 29.0 Å². The average molecular weight is 321 g/mol. The number of carbonyl (C=O) groups is 1. The first-order chi connectivity index (χ1) is 11.7. The van der Waals surface area contributed by atoms with Gasteiger partial charge >= 0.3 is 0 Å². The number of benzene rings is 1. The van der Waals surface area contributed by atoms with Crippen LogP contribution in [0.1, 0.15) is 22.8 Å². The standard InChI is InChI=1S/C17H15N5O2/c23-13-7-6-12(8-13)22-10-20-14-15(18-9-19-16(14)22)21-17(24)11-4-2-1-3-5-11/h1-7,9-10,12-13,23H,8H2,(H,18,19,21,24)/t12-,13+/m1/s1. The number of fused-ring (bicyclic) bond motifs is 1. The molecule has 2 atom stereocenters. The zero-order valence-corrected chi connectivity index (χ0v) is 12.7. The Labute approximate surface area is 137 Å². The van der Waals surface area contributed by atoms with Crippen molar-refractivity contribution in [3.63, 3.8) is 0 Å². The minimum atomic E-state index is -0.452. The second-order valence-corrected chi connectivity index (χ2v) is 5.62. The minimum absolute atomic E-state index is 0.00225. The van der Waals surface area contributed by atoms with Gasteiger partial charge in [-0.25, -0.2) is 15.0 Å². The highest BCUT2D eigenvalue weighted by atomic mass is 16.3. The SMILES string of the molecule is O=C(Nc1ncnc2c1ncn2[C@@H]1C=C[C@H](O)C1)c1ccccc1. The molecule has 7 heteroatoms. The smallest absolute Gasteiger partial charge is 0.256 e. The summed E-state index contributed by atoms with van der Waals surface area (Å²) in [5.74, 6) is 0.122. The van der Waals surface area contributed by atoms with Gasteiger partial charge in [-0.15, -0.1) is 0 Å². The van der Waals surface area contributed by atoms with E-state index < -0.39 is 6.10 Å². The lowest BCUT2D eigenvalue weighted by molar-refractivity contribution is 0.102. The molecule has 2 N–H and O–H groups in total. The number of nitrogens with zero attached hydrogens (tertiary/aromatic N) is 4. The number of anilines is 1. The van der Waals surface area contributed by atoms with Crippen LogP contribution in [0.15, 0.2) is 55.1 Å². The van der Waals surface area contributed by atoms with E-state index in [1.54, 1.807) is 36.7 Å². The van der Waals surface area contributed by atoms with E-state index in [0.717, 1.165) is 0 Å². The van der Waals surface area contributed by atoms with E-state index in [2.05, 4.69) is 20.3 Å². The maximum atomic E-state index is 12.3. The average Bonchev–Trinajstić information content (AvgIpc) is 3.22. The molecule has 4 rings (SSSR count). The van der Waals surface area contributed by atoms with Crippen molar-refractivity contribution < 1.29 is 9.90 Å². The quantitative estimate of drug-likeness (QED) is 0.719. The summed E-state index contributed by atoms with van der Waals surface area (Å²) in [5.41, 5.74) is 1.69. The van der Waals surface area contributed by atoms with Gasteiger partial charge in [0.25, 0.3) is 5.91 Å². The van der Waals surface area contributed by atoms with Gasteiger partial charge in [-0.05, 0) is 12.1 Å². The number of amides is 1. The molecule has 1 aliphatic carbocycles. The summed E-state index contributed by atoms with van der Waals surface area (Å²) in [4.78, 5) is 25.1. The van der Waals surface area contributed by atoms with E-state index in [-0.39, 0.29) is 11.9 Å². The number of hydrogen-bond donors (Lipinski definition) is 2. The molecule has 2 heterocycles. The molecule has 0 unspecified atom stereocenters. The van der Waals surface area contributed by atoms with Crippen LogP contribution < -0.4 is 5.32 Å². The fourth-order valence-corrected chi connectivity index (χ4v) is 2.82. The number of nitrogens with one attached hydrogen (secondary N) is 1. The summed E-state index contributed by atoms with van der Waals surface area (Å²) in [5, 5.41) is 12.4. The number of imidazole rings is 1. The first-order valence-electron chi connectivity index (χ1n) is 7.62. The topological polar surface area (TPSA) is 92.9 Å². The number of aromatic nitrogens is 4. The molecule has 0 saturated carbocycles. The molecule has 1 aliphatic rings. The van der Waals surface area contributed by atoms with Crippen molar-refractivity contribution in [1.29, 1.82) is 0 Å². The molecule has 0 aliphatic heterocycles. The summed E-state index contributed by atoms with van der Waals surface area (Å²) in [6, 6.07) is 8.92. The van der Waals surface area contributed by atoms with Crippen LogP contribution in [0, 0.1) is 0 Å². The lowest BCUT2D eigenvalue weighted by Gasteiger charge is -2.11. The Balaban J connectivity index is 1.66. The number of allylic oxidation sites excluding steroid dienone is 1. The summed E-state index contributed by atoms with van der Waals surface area (Å²) in [7, 11) is 0. The van der Waals surface area contributed by atoms with Crippen LogP contribution in [0.5, 0.6) is 0 Å². The fraction of sp³-hybridized carbons (Fsp3) is 0.176. The van der Waals surface area contributed by atoms with Crippen LogP contribution in [0.3, 0.4) is 0 Å². The van der Waals surface area contributed by atoms with Gasteiger partial charge in [0.05, 0.1) is 18.5 Å². The molecule has 120 valence electrons. The first kappa shape index (κ1) is 14.5. The van der Waals surface area contributed by atoms with Crippen molar-refractivity contribution in [3.8, 4) is 0 Å². The Morgan fingerprint density at radius 2 is 2.00 bits per heavy atom. The summed E-state index contributed by atoms with van der Waals surface area (Å²) in [6.45, 7) is 0. The van der Waals surface area contributed by atoms with Gasteiger partial charge in [-0.2, -0.15) is 0 Å². The van der Waals surface area contributed by atoms with Gasteiger partial charge in [-0.1, -0.05) is 30.4 Å². The fourth-order valence-electron chi connectivity index (χ4n) is 2.82. The maximum absolute atomic E-state index is 12.3. The third-order valence-electron chi connectivity index (χ3n) is 4.02. The number of rotatable bonds is 3. The normalized spacial score (nSPS) is 19.7. The summed E-state index contributed by atoms with van der Waals surface area (Å²) >= 11 is 0. The molecule has 24 heavy (non-hydrogen) atoms. The molecule has 3 aromatic rings. The van der Waals surface area contributed by atoms with Crippen molar-refractivity contribution >= 4 is 22.9 Å². The van der Waals surface area contributed by atoms with Gasteiger partial charge < -0.3 is 15.0 Å². The molecular weight excluding hydrogens is 306 g/mol.